The van der Waals surface area contributed by atoms with Crippen LogP contribution in [-0.4, -0.2) is 130 Å². The summed E-state index contributed by atoms with van der Waals surface area (Å²) in [7, 11) is -2.96. The molecule has 0 amide bonds. The number of aliphatic hydroxyl groups is 1. The van der Waals surface area contributed by atoms with Crippen molar-refractivity contribution in [2.24, 2.45) is 34.7 Å². The Bertz CT molecular complexity index is 2660. The van der Waals surface area contributed by atoms with Gasteiger partial charge in [0.15, 0.2) is 25.2 Å². The Morgan fingerprint density at radius 1 is 0.560 bits per heavy atom. The molecule has 1 N–H and O–H groups in total. The largest absolute Gasteiger partial charge is 0.458 e. The predicted molar refractivity (Wildman–Crippen MR) is 321 cm³/mol. The monoisotopic (exact) mass is 1180 g/mol. The summed E-state index contributed by atoms with van der Waals surface area (Å²) in [6, 6.07) is 40.1. The lowest BCUT2D eigenvalue weighted by Gasteiger charge is -2.51. The van der Waals surface area contributed by atoms with E-state index in [1.54, 1.807) is 20.8 Å². The number of rotatable bonds is 22. The normalized spacial score (nSPS) is 34.1. The van der Waals surface area contributed by atoms with Gasteiger partial charge in [-0.05, 0) is 90.9 Å². The molecule has 18 heteroatoms. The van der Waals surface area contributed by atoms with Crippen molar-refractivity contribution < 1.29 is 66.4 Å². The number of nitrogens with zero attached hydrogens (tertiary/aromatic N) is 3. The molecule has 0 radical (unpaired) electrons. The average Bonchev–Trinajstić information content (AvgIpc) is 1.40. The number of aliphatic hydroxyl groups excluding tert-OH is 1. The van der Waals surface area contributed by atoms with E-state index >= 15 is 0 Å². The molecule has 4 saturated heterocycles. The van der Waals surface area contributed by atoms with E-state index < -0.39 is 119 Å². The van der Waals surface area contributed by atoms with E-state index in [-0.39, 0.29) is 47.8 Å². The second-order valence-corrected chi connectivity index (χ2v) is 29.9. The molecule has 0 spiro atoms. The van der Waals surface area contributed by atoms with Crippen LogP contribution in [0.2, 0.25) is 5.04 Å². The zero-order valence-electron chi connectivity index (χ0n) is 51.7. The predicted octanol–water partition coefficient (Wildman–Crippen LogP) is 10.8. The minimum absolute atomic E-state index is 0.0661. The van der Waals surface area contributed by atoms with Crippen molar-refractivity contribution in [2.45, 2.75) is 219 Å². The summed E-state index contributed by atoms with van der Waals surface area (Å²) in [5.41, 5.74) is 11.2. The summed E-state index contributed by atoms with van der Waals surface area (Å²) < 4.78 is 80.6. The van der Waals surface area contributed by atoms with Crippen LogP contribution in [0.5, 0.6) is 0 Å². The number of esters is 1. The first kappa shape index (κ1) is 65.4. The lowest BCUT2D eigenvalue weighted by Crippen LogP contribution is -2.67. The second kappa shape index (κ2) is 28.9. The van der Waals surface area contributed by atoms with Gasteiger partial charge in [-0.25, -0.2) is 4.79 Å². The van der Waals surface area contributed by atoms with E-state index in [0.717, 1.165) is 11.1 Å². The number of hydrogen-bond acceptors (Lipinski definition) is 15. The van der Waals surface area contributed by atoms with E-state index in [2.05, 4.69) is 121 Å². The third kappa shape index (κ3) is 15.4. The Labute approximate surface area is 499 Å². The number of ether oxygens (including phenoxy) is 11. The fourth-order valence-corrected chi connectivity index (χ4v) is 17.0. The Balaban J connectivity index is 1.00. The molecule has 4 heterocycles. The van der Waals surface area contributed by atoms with E-state index in [4.69, 9.17) is 56.5 Å². The Morgan fingerprint density at radius 2 is 1.04 bits per heavy atom. The third-order valence-corrected chi connectivity index (χ3v) is 22.5. The number of benzene rings is 4. The van der Waals surface area contributed by atoms with Crippen LogP contribution in [0.15, 0.2) is 126 Å². The molecule has 4 aromatic rings. The van der Waals surface area contributed by atoms with Crippen molar-refractivity contribution in [3.8, 4) is 0 Å². The van der Waals surface area contributed by atoms with Gasteiger partial charge in [0.05, 0.1) is 62.5 Å². The highest BCUT2D eigenvalue weighted by Gasteiger charge is 2.55. The molecular formula is C66H93N3O14Si. The van der Waals surface area contributed by atoms with Crippen LogP contribution < -0.4 is 10.4 Å². The molecule has 4 aliphatic rings. The maximum Gasteiger partial charge on any atom is 0.332 e. The molecule has 0 aromatic heterocycles. The summed E-state index contributed by atoms with van der Waals surface area (Å²) in [5, 5.41) is 18.3. The van der Waals surface area contributed by atoms with Crippen LogP contribution in [0.25, 0.3) is 10.4 Å². The van der Waals surface area contributed by atoms with Crippen molar-refractivity contribution in [2.75, 3.05) is 13.2 Å². The molecule has 17 nitrogen and oxygen atoms in total. The smallest absolute Gasteiger partial charge is 0.332 e. The first-order valence-corrected chi connectivity index (χ1v) is 32.2. The fraction of sp³-hybridized carbons (Fsp3) is 0.621. The summed E-state index contributed by atoms with van der Waals surface area (Å²) in [4.78, 5) is 16.0. The van der Waals surface area contributed by atoms with Gasteiger partial charge in [0, 0.05) is 16.7 Å². The SMILES string of the molecule is CCC1O[C@H](O[C@@H]2C(C)O[C@@H](OCC(=O)OC(C)(C)C)C(O)[C@@H]2OCc2ccccc2)C(C)[C@@H](C)[C@@H]1O[C@@H]1OC(C)[C@@H](O[C@@H]2OC(CO[Si](c3ccccc3)(c3ccccc3)C(C)(C)C)[C@@H](C)[C@H](C)C2N=[N+]=[N-])[C@@H](OCc2ccccc2)C1C. The molecule has 0 bridgehead atoms. The van der Waals surface area contributed by atoms with Gasteiger partial charge in [0.25, 0.3) is 8.32 Å². The standard InChI is InChI=1S/C66H93N3O14Si/c1-15-51-56(42(4)43(5)61(78-51)81-59-46(8)77-64(74-39-53(70)83-65(9,10)11)55(71)60(59)73-37-48-30-22-17-23-31-48)80-62-44(6)57(72-36-47-28-20-16-21-29-47)58(45(7)76-62)82-63-54(68-69-67)41(3)40(2)52(79-63)38-75-84(66(12,13)14,49-32-24-18-25-33-49)50-34-26-19-27-35-50/h16-35,40-46,51-52,54-64,71H,15,36-39H2,1-14H3/t40-,41-,42+,43?,44?,45?,46?,51?,52?,54?,55?,56-,57-,58+,59+,60-,61+,62-,63-,64+/m0/s1. The van der Waals surface area contributed by atoms with Crippen molar-refractivity contribution in [3.63, 3.8) is 0 Å². The van der Waals surface area contributed by atoms with Crippen LogP contribution in [0.4, 0.5) is 0 Å². The molecular weight excluding hydrogens is 1090 g/mol. The first-order chi connectivity index (χ1) is 40.0. The van der Waals surface area contributed by atoms with Gasteiger partial charge in [0.2, 0.25) is 0 Å². The average molecular weight is 1180 g/mol. The molecule has 8 unspecified atom stereocenters. The van der Waals surface area contributed by atoms with Crippen LogP contribution >= 0.6 is 0 Å². The van der Waals surface area contributed by atoms with E-state index in [9.17, 15) is 15.4 Å². The molecule has 460 valence electrons. The van der Waals surface area contributed by atoms with Gasteiger partial charge in [0.1, 0.15) is 36.6 Å². The summed E-state index contributed by atoms with van der Waals surface area (Å²) in [6.07, 6.45) is -9.93. The first-order valence-electron chi connectivity index (χ1n) is 30.2. The molecule has 8 rings (SSSR count). The van der Waals surface area contributed by atoms with Crippen LogP contribution in [-0.2, 0) is 74.5 Å². The van der Waals surface area contributed by atoms with Gasteiger partial charge in [-0.2, -0.15) is 0 Å². The number of azide groups is 1. The second-order valence-electron chi connectivity index (χ2n) is 25.6. The van der Waals surface area contributed by atoms with E-state index in [0.29, 0.717) is 13.0 Å². The Morgan fingerprint density at radius 3 is 1.56 bits per heavy atom. The highest BCUT2D eigenvalue weighted by atomic mass is 28.4. The quantitative estimate of drug-likeness (QED) is 0.0256. The summed E-state index contributed by atoms with van der Waals surface area (Å²) in [6.45, 7) is 28.8. The zero-order valence-corrected chi connectivity index (χ0v) is 52.7. The van der Waals surface area contributed by atoms with Crippen molar-refractivity contribution >= 4 is 24.7 Å². The topological polar surface area (TPSA) is 197 Å². The minimum Gasteiger partial charge on any atom is -0.458 e. The maximum atomic E-state index is 12.7. The highest BCUT2D eigenvalue weighted by Crippen LogP contribution is 2.44. The third-order valence-electron chi connectivity index (χ3n) is 17.5. The molecule has 0 aliphatic carbocycles. The molecule has 20 atom stereocenters. The van der Waals surface area contributed by atoms with Gasteiger partial charge < -0.3 is 61.6 Å². The van der Waals surface area contributed by atoms with Gasteiger partial charge >= 0.3 is 5.97 Å². The van der Waals surface area contributed by atoms with Crippen molar-refractivity contribution in [3.05, 3.63) is 143 Å². The molecule has 84 heavy (non-hydrogen) atoms. The highest BCUT2D eigenvalue weighted by molar-refractivity contribution is 6.99. The van der Waals surface area contributed by atoms with Gasteiger partial charge in [-0.3, -0.25) is 0 Å². The maximum absolute atomic E-state index is 12.7. The zero-order chi connectivity index (χ0) is 60.5. The lowest BCUT2D eigenvalue weighted by atomic mass is 9.82. The van der Waals surface area contributed by atoms with Crippen LogP contribution in [0, 0.1) is 29.6 Å². The van der Waals surface area contributed by atoms with Crippen molar-refractivity contribution in [1.29, 1.82) is 0 Å². The Kier molecular flexibility index (Phi) is 22.5. The van der Waals surface area contributed by atoms with Crippen molar-refractivity contribution in [1.82, 2.24) is 0 Å². The van der Waals surface area contributed by atoms with E-state index in [1.807, 2.05) is 86.6 Å². The molecule has 4 aliphatic heterocycles. The van der Waals surface area contributed by atoms with Crippen LogP contribution in [0.1, 0.15) is 114 Å². The fourth-order valence-electron chi connectivity index (χ4n) is 12.5. The lowest BCUT2D eigenvalue weighted by molar-refractivity contribution is -0.368. The summed E-state index contributed by atoms with van der Waals surface area (Å²) >= 11 is 0. The van der Waals surface area contributed by atoms with Gasteiger partial charge in [-0.15, -0.1) is 0 Å². The molecule has 0 saturated carbocycles. The molecule has 4 aromatic carbocycles. The number of hydrogen-bond donors (Lipinski definition) is 1. The van der Waals surface area contributed by atoms with Crippen LogP contribution in [0.3, 0.4) is 0 Å². The molecule has 4 fully saturated rings. The number of carbonyl (C=O) groups excluding carboxylic acids is 1. The summed E-state index contributed by atoms with van der Waals surface area (Å²) in [5.74, 6) is -1.53. The minimum atomic E-state index is -2.96. The number of carbonyl (C=O) groups is 1. The Hall–Kier alpha value is -4.60. The van der Waals surface area contributed by atoms with E-state index in [1.165, 1.54) is 10.4 Å². The van der Waals surface area contributed by atoms with Gasteiger partial charge in [-0.1, -0.05) is 189 Å².